The molecule has 0 aliphatic carbocycles. The van der Waals surface area contributed by atoms with Crippen LogP contribution >= 0.6 is 0 Å². The summed E-state index contributed by atoms with van der Waals surface area (Å²) >= 11 is 0. The molecular weight excluding hydrogens is 330 g/mol. The predicted molar refractivity (Wildman–Crippen MR) is 98.0 cm³/mol. The first-order chi connectivity index (χ1) is 12.6. The van der Waals surface area contributed by atoms with E-state index in [9.17, 15) is 9.59 Å². The molecule has 2 aromatic carbocycles. The highest BCUT2D eigenvalue weighted by atomic mass is 16.2. The van der Waals surface area contributed by atoms with Gasteiger partial charge in [-0.25, -0.2) is 4.68 Å². The smallest absolute Gasteiger partial charge is 0.251 e. The zero-order valence-electron chi connectivity index (χ0n) is 14.3. The molecule has 26 heavy (non-hydrogen) atoms. The standard InChI is InChI=1S/C19H19N5O2/c1-14(21-19(26)15-7-3-2-4-8-15)13-18(25)22-16-9-5-6-10-17(16)24-12-11-20-23-24/h2-12,14H,13H2,1H3,(H,21,26)(H,22,25)/t14-/m1/s1. The second-order valence-corrected chi connectivity index (χ2v) is 5.86. The van der Waals surface area contributed by atoms with Gasteiger partial charge in [-0.1, -0.05) is 35.5 Å². The molecule has 1 heterocycles. The van der Waals surface area contributed by atoms with E-state index >= 15 is 0 Å². The van der Waals surface area contributed by atoms with Crippen molar-refractivity contribution in [1.82, 2.24) is 20.3 Å². The van der Waals surface area contributed by atoms with E-state index in [1.807, 2.05) is 24.3 Å². The molecule has 0 unspecified atom stereocenters. The number of para-hydroxylation sites is 2. The Hall–Kier alpha value is -3.48. The molecule has 0 fully saturated rings. The summed E-state index contributed by atoms with van der Waals surface area (Å²) in [5, 5.41) is 13.4. The van der Waals surface area contributed by atoms with Crippen LogP contribution in [0, 0.1) is 0 Å². The average molecular weight is 349 g/mol. The van der Waals surface area contributed by atoms with Gasteiger partial charge in [0.1, 0.15) is 0 Å². The van der Waals surface area contributed by atoms with Gasteiger partial charge in [0.15, 0.2) is 0 Å². The largest absolute Gasteiger partial charge is 0.349 e. The van der Waals surface area contributed by atoms with E-state index in [4.69, 9.17) is 0 Å². The Balaban J connectivity index is 1.60. The number of benzene rings is 2. The van der Waals surface area contributed by atoms with Crippen LogP contribution in [0.25, 0.3) is 5.69 Å². The van der Waals surface area contributed by atoms with Crippen molar-refractivity contribution >= 4 is 17.5 Å². The first-order valence-electron chi connectivity index (χ1n) is 8.25. The number of carbonyl (C=O) groups is 2. The molecule has 132 valence electrons. The Morgan fingerprint density at radius 2 is 1.81 bits per heavy atom. The number of amides is 2. The Morgan fingerprint density at radius 3 is 2.54 bits per heavy atom. The monoisotopic (exact) mass is 349 g/mol. The van der Waals surface area contributed by atoms with Gasteiger partial charge in [0.2, 0.25) is 5.91 Å². The Morgan fingerprint density at radius 1 is 1.08 bits per heavy atom. The third-order valence-electron chi connectivity index (χ3n) is 3.75. The van der Waals surface area contributed by atoms with E-state index in [2.05, 4.69) is 20.9 Å². The summed E-state index contributed by atoms with van der Waals surface area (Å²) in [6.07, 6.45) is 3.43. The summed E-state index contributed by atoms with van der Waals surface area (Å²) in [5.41, 5.74) is 1.92. The number of hydrogen-bond donors (Lipinski definition) is 2. The van der Waals surface area contributed by atoms with Gasteiger partial charge >= 0.3 is 0 Å². The third kappa shape index (κ3) is 4.32. The Kier molecular flexibility index (Phi) is 5.38. The second kappa shape index (κ2) is 8.06. The van der Waals surface area contributed by atoms with Crippen LogP contribution in [0.2, 0.25) is 0 Å². The van der Waals surface area contributed by atoms with E-state index in [1.54, 1.807) is 54.3 Å². The first kappa shape index (κ1) is 17.3. The quantitative estimate of drug-likeness (QED) is 0.715. The Bertz CT molecular complexity index is 878. The number of aromatic nitrogens is 3. The molecule has 2 N–H and O–H groups in total. The number of hydrogen-bond acceptors (Lipinski definition) is 4. The van der Waals surface area contributed by atoms with Crippen molar-refractivity contribution < 1.29 is 9.59 Å². The van der Waals surface area contributed by atoms with Gasteiger partial charge in [0.25, 0.3) is 5.91 Å². The minimum atomic E-state index is -0.304. The SMILES string of the molecule is C[C@H](CC(=O)Nc1ccccc1-n1ccnn1)NC(=O)c1ccccc1. The predicted octanol–water partition coefficient (Wildman–Crippen LogP) is 2.41. The topological polar surface area (TPSA) is 88.9 Å². The van der Waals surface area contributed by atoms with Crippen LogP contribution in [0.3, 0.4) is 0 Å². The lowest BCUT2D eigenvalue weighted by atomic mass is 10.1. The molecule has 3 aromatic rings. The van der Waals surface area contributed by atoms with Crippen molar-refractivity contribution in [3.63, 3.8) is 0 Å². The number of nitrogens with zero attached hydrogens (tertiary/aromatic N) is 3. The van der Waals surface area contributed by atoms with Crippen LogP contribution in [-0.2, 0) is 4.79 Å². The molecule has 0 aliphatic heterocycles. The number of carbonyl (C=O) groups excluding carboxylic acids is 2. The van der Waals surface area contributed by atoms with Crippen LogP contribution in [0.5, 0.6) is 0 Å². The van der Waals surface area contributed by atoms with E-state index in [1.165, 1.54) is 0 Å². The zero-order valence-corrected chi connectivity index (χ0v) is 14.3. The number of anilines is 1. The fourth-order valence-corrected chi connectivity index (χ4v) is 2.54. The molecule has 0 saturated carbocycles. The fraction of sp³-hybridized carbons (Fsp3) is 0.158. The summed E-state index contributed by atoms with van der Waals surface area (Å²) in [5.74, 6) is -0.396. The van der Waals surface area contributed by atoms with Crippen LogP contribution in [-0.4, -0.2) is 32.9 Å². The van der Waals surface area contributed by atoms with Crippen molar-refractivity contribution in [2.24, 2.45) is 0 Å². The molecule has 0 aliphatic rings. The molecular formula is C19H19N5O2. The van der Waals surface area contributed by atoms with Crippen molar-refractivity contribution in [2.45, 2.75) is 19.4 Å². The highest BCUT2D eigenvalue weighted by Crippen LogP contribution is 2.19. The lowest BCUT2D eigenvalue weighted by Crippen LogP contribution is -2.35. The minimum absolute atomic E-state index is 0.157. The summed E-state index contributed by atoms with van der Waals surface area (Å²) in [7, 11) is 0. The maximum Gasteiger partial charge on any atom is 0.251 e. The maximum absolute atomic E-state index is 12.4. The molecule has 2 amide bonds. The van der Waals surface area contributed by atoms with Gasteiger partial charge in [-0.15, -0.1) is 5.10 Å². The molecule has 1 aromatic heterocycles. The van der Waals surface area contributed by atoms with Crippen molar-refractivity contribution in [3.05, 3.63) is 72.6 Å². The fourth-order valence-electron chi connectivity index (χ4n) is 2.54. The van der Waals surface area contributed by atoms with Gasteiger partial charge in [-0.3, -0.25) is 9.59 Å². The summed E-state index contributed by atoms with van der Waals surface area (Å²) < 4.78 is 1.58. The summed E-state index contributed by atoms with van der Waals surface area (Å²) in [6.45, 7) is 1.80. The number of nitrogens with one attached hydrogen (secondary N) is 2. The van der Waals surface area contributed by atoms with Gasteiger partial charge in [0.05, 0.1) is 23.8 Å². The van der Waals surface area contributed by atoms with E-state index in [-0.39, 0.29) is 24.3 Å². The van der Waals surface area contributed by atoms with Crippen LogP contribution < -0.4 is 10.6 Å². The van der Waals surface area contributed by atoms with Gasteiger partial charge in [-0.2, -0.15) is 0 Å². The van der Waals surface area contributed by atoms with Gasteiger partial charge in [0, 0.05) is 18.0 Å². The lowest BCUT2D eigenvalue weighted by Gasteiger charge is -2.15. The Labute approximate surface area is 151 Å². The lowest BCUT2D eigenvalue weighted by molar-refractivity contribution is -0.116. The van der Waals surface area contributed by atoms with Crippen LogP contribution in [0.1, 0.15) is 23.7 Å². The summed E-state index contributed by atoms with van der Waals surface area (Å²) in [6, 6.07) is 15.9. The molecule has 7 nitrogen and oxygen atoms in total. The van der Waals surface area contributed by atoms with Crippen molar-refractivity contribution in [2.75, 3.05) is 5.32 Å². The first-order valence-corrected chi connectivity index (χ1v) is 8.25. The van der Waals surface area contributed by atoms with E-state index in [0.29, 0.717) is 11.3 Å². The van der Waals surface area contributed by atoms with Crippen molar-refractivity contribution in [3.8, 4) is 5.69 Å². The highest BCUT2D eigenvalue weighted by molar-refractivity contribution is 5.96. The highest BCUT2D eigenvalue weighted by Gasteiger charge is 2.14. The molecule has 7 heteroatoms. The van der Waals surface area contributed by atoms with Crippen LogP contribution in [0.4, 0.5) is 5.69 Å². The van der Waals surface area contributed by atoms with Crippen LogP contribution in [0.15, 0.2) is 67.0 Å². The van der Waals surface area contributed by atoms with E-state index in [0.717, 1.165) is 5.69 Å². The van der Waals surface area contributed by atoms with Gasteiger partial charge < -0.3 is 10.6 Å². The molecule has 0 radical (unpaired) electrons. The average Bonchev–Trinajstić information content (AvgIpc) is 3.17. The summed E-state index contributed by atoms with van der Waals surface area (Å²) in [4.78, 5) is 24.5. The van der Waals surface area contributed by atoms with Gasteiger partial charge in [-0.05, 0) is 31.2 Å². The second-order valence-electron chi connectivity index (χ2n) is 5.86. The molecule has 0 spiro atoms. The molecule has 0 saturated heterocycles. The molecule has 0 bridgehead atoms. The molecule has 3 rings (SSSR count). The zero-order chi connectivity index (χ0) is 18.4. The maximum atomic E-state index is 12.4. The van der Waals surface area contributed by atoms with Crippen molar-refractivity contribution in [1.29, 1.82) is 0 Å². The third-order valence-corrected chi connectivity index (χ3v) is 3.75. The molecule has 1 atom stereocenters. The minimum Gasteiger partial charge on any atom is -0.349 e. The normalized spacial score (nSPS) is 11.6. The van der Waals surface area contributed by atoms with E-state index < -0.39 is 0 Å². The number of rotatable bonds is 6.